The van der Waals surface area contributed by atoms with Gasteiger partial charge in [-0.3, -0.25) is 5.84 Å². The summed E-state index contributed by atoms with van der Waals surface area (Å²) in [6.07, 6.45) is 0. The molecule has 2 rings (SSSR count). The van der Waals surface area contributed by atoms with Gasteiger partial charge in [-0.15, -0.1) is 5.10 Å². The molecule has 1 atom stereocenters. The lowest BCUT2D eigenvalue weighted by molar-refractivity contribution is 0.530. The number of hydrogen-bond donors (Lipinski definition) is 2. The van der Waals surface area contributed by atoms with Crippen molar-refractivity contribution in [3.05, 3.63) is 45.9 Å². The number of hydrogen-bond acceptors (Lipinski definition) is 4. The summed E-state index contributed by atoms with van der Waals surface area (Å²) in [6, 6.07) is 5.92. The average Bonchev–Trinajstić information content (AvgIpc) is 2.64. The molecular weight excluding hydrogens is 289 g/mol. The molecule has 5 nitrogen and oxygen atoms in total. The van der Waals surface area contributed by atoms with Crippen molar-refractivity contribution in [1.82, 2.24) is 20.4 Å². The Hall–Kier alpha value is -1.31. The zero-order valence-corrected chi connectivity index (χ0v) is 10.6. The zero-order chi connectivity index (χ0) is 12.4. The predicted octanol–water partition coefficient (Wildman–Crippen LogP) is 1.27. The topological polar surface area (TPSA) is 68.8 Å². The van der Waals surface area contributed by atoms with E-state index in [0.29, 0.717) is 15.9 Å². The molecule has 2 aromatic rings. The Morgan fingerprint density at radius 2 is 2.18 bits per heavy atom. The number of aryl methyl sites for hydroxylation is 1. The minimum Gasteiger partial charge on any atom is -0.271 e. The number of benzene rings is 1. The number of nitrogens with two attached hydrogens (primary N) is 1. The van der Waals surface area contributed by atoms with E-state index in [1.807, 2.05) is 0 Å². The summed E-state index contributed by atoms with van der Waals surface area (Å²) in [5, 5.41) is 7.69. The Labute approximate surface area is 106 Å². The number of rotatable bonds is 3. The summed E-state index contributed by atoms with van der Waals surface area (Å²) in [5.41, 5.74) is 3.68. The van der Waals surface area contributed by atoms with Crippen LogP contribution in [0.5, 0.6) is 0 Å². The molecule has 0 aliphatic carbocycles. The van der Waals surface area contributed by atoms with Gasteiger partial charge in [0.05, 0.1) is 11.7 Å². The number of nitrogens with one attached hydrogen (secondary N) is 1. The third-order valence-electron chi connectivity index (χ3n) is 2.48. The van der Waals surface area contributed by atoms with Crippen LogP contribution < -0.4 is 11.3 Å². The summed E-state index contributed by atoms with van der Waals surface area (Å²) in [4.78, 5) is 0. The smallest absolute Gasteiger partial charge is 0.153 e. The lowest BCUT2D eigenvalue weighted by atomic mass is 10.0. The van der Waals surface area contributed by atoms with E-state index < -0.39 is 6.04 Å². The second kappa shape index (κ2) is 4.91. The molecule has 0 aliphatic heterocycles. The van der Waals surface area contributed by atoms with Crippen molar-refractivity contribution in [3.8, 4) is 0 Å². The zero-order valence-electron chi connectivity index (χ0n) is 9.06. The van der Waals surface area contributed by atoms with Gasteiger partial charge < -0.3 is 0 Å². The van der Waals surface area contributed by atoms with E-state index >= 15 is 0 Å². The molecule has 1 heterocycles. The van der Waals surface area contributed by atoms with Crippen molar-refractivity contribution >= 4 is 15.9 Å². The van der Waals surface area contributed by atoms with Crippen LogP contribution in [0.25, 0.3) is 0 Å². The molecule has 0 bridgehead atoms. The first-order valence-corrected chi connectivity index (χ1v) is 5.70. The highest BCUT2D eigenvalue weighted by Gasteiger charge is 2.23. The molecule has 0 aliphatic rings. The fourth-order valence-electron chi connectivity index (χ4n) is 1.67. The maximum Gasteiger partial charge on any atom is 0.153 e. The SMILES string of the molecule is Cn1nnc(Br)c1C(NN)c1ccccc1F. The third-order valence-corrected chi connectivity index (χ3v) is 3.05. The lowest BCUT2D eigenvalue weighted by Crippen LogP contribution is -2.31. The normalized spacial score (nSPS) is 12.7. The van der Waals surface area contributed by atoms with Crippen molar-refractivity contribution in [2.45, 2.75) is 6.04 Å². The van der Waals surface area contributed by atoms with Gasteiger partial charge in [0.15, 0.2) is 4.60 Å². The molecule has 1 aromatic heterocycles. The predicted molar refractivity (Wildman–Crippen MR) is 64.3 cm³/mol. The largest absolute Gasteiger partial charge is 0.271 e. The van der Waals surface area contributed by atoms with Crippen molar-refractivity contribution in [1.29, 1.82) is 0 Å². The Balaban J connectivity index is 2.52. The number of halogens is 2. The maximum absolute atomic E-state index is 13.7. The van der Waals surface area contributed by atoms with Crippen LogP contribution in [0, 0.1) is 5.82 Å². The fraction of sp³-hybridized carbons (Fsp3) is 0.200. The monoisotopic (exact) mass is 299 g/mol. The molecule has 0 saturated heterocycles. The van der Waals surface area contributed by atoms with E-state index in [0.717, 1.165) is 0 Å². The first kappa shape index (κ1) is 12.2. The van der Waals surface area contributed by atoms with Crippen LogP contribution in [-0.2, 0) is 7.05 Å². The van der Waals surface area contributed by atoms with E-state index in [1.54, 1.807) is 29.9 Å². The molecular formula is C10H11BrFN5. The van der Waals surface area contributed by atoms with Gasteiger partial charge in [0.1, 0.15) is 5.82 Å². The molecule has 17 heavy (non-hydrogen) atoms. The van der Waals surface area contributed by atoms with Gasteiger partial charge in [0.2, 0.25) is 0 Å². The van der Waals surface area contributed by atoms with Crippen LogP contribution in [0.4, 0.5) is 4.39 Å². The van der Waals surface area contributed by atoms with E-state index in [2.05, 4.69) is 31.7 Å². The van der Waals surface area contributed by atoms with Crippen LogP contribution in [0.3, 0.4) is 0 Å². The number of nitrogens with zero attached hydrogens (tertiary/aromatic N) is 3. The molecule has 1 aromatic carbocycles. The van der Waals surface area contributed by atoms with Gasteiger partial charge >= 0.3 is 0 Å². The Morgan fingerprint density at radius 3 is 2.71 bits per heavy atom. The number of aromatic nitrogens is 3. The van der Waals surface area contributed by atoms with E-state index in [1.165, 1.54) is 6.07 Å². The third kappa shape index (κ3) is 2.21. The molecule has 0 saturated carbocycles. The molecule has 90 valence electrons. The molecule has 3 N–H and O–H groups in total. The van der Waals surface area contributed by atoms with E-state index in [4.69, 9.17) is 5.84 Å². The molecule has 7 heteroatoms. The van der Waals surface area contributed by atoms with E-state index in [9.17, 15) is 4.39 Å². The summed E-state index contributed by atoms with van der Waals surface area (Å²) in [6.45, 7) is 0. The van der Waals surface area contributed by atoms with Crippen LogP contribution in [0.15, 0.2) is 28.9 Å². The Kier molecular flexibility index (Phi) is 3.51. The van der Waals surface area contributed by atoms with Gasteiger partial charge in [-0.05, 0) is 22.0 Å². The quantitative estimate of drug-likeness (QED) is 0.661. The van der Waals surface area contributed by atoms with E-state index in [-0.39, 0.29) is 5.82 Å². The van der Waals surface area contributed by atoms with Crippen LogP contribution in [0.2, 0.25) is 0 Å². The van der Waals surface area contributed by atoms with Crippen molar-refractivity contribution in [3.63, 3.8) is 0 Å². The molecule has 0 amide bonds. The summed E-state index contributed by atoms with van der Waals surface area (Å²) >= 11 is 3.27. The molecule has 0 fully saturated rings. The first-order chi connectivity index (χ1) is 8.15. The first-order valence-electron chi connectivity index (χ1n) is 4.90. The second-order valence-corrected chi connectivity index (χ2v) is 4.26. The highest BCUT2D eigenvalue weighted by Crippen LogP contribution is 2.27. The van der Waals surface area contributed by atoms with Crippen molar-refractivity contribution in [2.24, 2.45) is 12.9 Å². The fourth-order valence-corrected chi connectivity index (χ4v) is 2.23. The van der Waals surface area contributed by atoms with Gasteiger partial charge in [-0.1, -0.05) is 23.4 Å². The maximum atomic E-state index is 13.7. The summed E-state index contributed by atoms with van der Waals surface area (Å²) in [7, 11) is 1.72. The molecule has 1 unspecified atom stereocenters. The van der Waals surface area contributed by atoms with Crippen LogP contribution >= 0.6 is 15.9 Å². The molecule has 0 radical (unpaired) electrons. The van der Waals surface area contributed by atoms with Crippen LogP contribution in [0.1, 0.15) is 17.3 Å². The highest BCUT2D eigenvalue weighted by atomic mass is 79.9. The van der Waals surface area contributed by atoms with Gasteiger partial charge in [-0.2, -0.15) is 0 Å². The Bertz CT molecular complexity index is 508. The summed E-state index contributed by atoms with van der Waals surface area (Å²) in [5.74, 6) is 5.17. The summed E-state index contributed by atoms with van der Waals surface area (Å²) < 4.78 is 15.8. The highest BCUT2D eigenvalue weighted by molar-refractivity contribution is 9.10. The minimum atomic E-state index is -0.509. The lowest BCUT2D eigenvalue weighted by Gasteiger charge is -2.17. The second-order valence-electron chi connectivity index (χ2n) is 3.51. The van der Waals surface area contributed by atoms with Crippen LogP contribution in [-0.4, -0.2) is 15.0 Å². The van der Waals surface area contributed by atoms with Crippen molar-refractivity contribution in [2.75, 3.05) is 0 Å². The molecule has 0 spiro atoms. The number of hydrazine groups is 1. The van der Waals surface area contributed by atoms with Crippen molar-refractivity contribution < 1.29 is 4.39 Å². The average molecular weight is 300 g/mol. The standard InChI is InChI=1S/C10H11BrFN5/c1-17-9(10(11)15-16-17)8(14-13)6-4-2-3-5-7(6)12/h2-5,8,14H,13H2,1H3. The van der Waals surface area contributed by atoms with Gasteiger partial charge in [-0.25, -0.2) is 14.5 Å². The minimum absolute atomic E-state index is 0.330. The van der Waals surface area contributed by atoms with Gasteiger partial charge in [0, 0.05) is 12.6 Å². The van der Waals surface area contributed by atoms with Gasteiger partial charge in [0.25, 0.3) is 0 Å². The Morgan fingerprint density at radius 1 is 1.47 bits per heavy atom.